The second-order valence-corrected chi connectivity index (χ2v) is 6.16. The van der Waals surface area contributed by atoms with Gasteiger partial charge >= 0.3 is 0 Å². The molecule has 2 N–H and O–H groups in total. The molecule has 124 valence electrons. The van der Waals surface area contributed by atoms with Crippen LogP contribution in [0.3, 0.4) is 0 Å². The zero-order valence-corrected chi connectivity index (χ0v) is 14.5. The van der Waals surface area contributed by atoms with Crippen molar-refractivity contribution >= 4 is 40.0 Å². The quantitative estimate of drug-likeness (QED) is 0.697. The highest BCUT2D eigenvalue weighted by Gasteiger charge is 2.18. The van der Waals surface area contributed by atoms with Gasteiger partial charge in [0.15, 0.2) is 0 Å². The minimum Gasteiger partial charge on any atom is -0.375 e. The molecule has 0 radical (unpaired) electrons. The van der Waals surface area contributed by atoms with Gasteiger partial charge in [-0.15, -0.1) is 0 Å². The van der Waals surface area contributed by atoms with Gasteiger partial charge in [0.05, 0.1) is 11.1 Å². The Morgan fingerprint density at radius 1 is 1.21 bits per heavy atom. The molecule has 0 bridgehead atoms. The first kappa shape index (κ1) is 16.8. The summed E-state index contributed by atoms with van der Waals surface area (Å²) >= 11 is 12.3. The predicted octanol–water partition coefficient (Wildman–Crippen LogP) is 4.59. The molecule has 1 heterocycles. The monoisotopic (exact) mass is 362 g/mol. The van der Waals surface area contributed by atoms with E-state index in [2.05, 4.69) is 10.3 Å². The standard InChI is InChI=1S/C18H16Cl2N2O2/c1-24-15(11-5-3-2-4-6-11)10-21-18(23)17-16(20)13-9-12(19)7-8-14(13)22-17/h2-9,15,22H,10H2,1H3,(H,21,23). The Morgan fingerprint density at radius 2 is 1.96 bits per heavy atom. The smallest absolute Gasteiger partial charge is 0.269 e. The van der Waals surface area contributed by atoms with Gasteiger partial charge in [0.2, 0.25) is 0 Å². The van der Waals surface area contributed by atoms with E-state index in [4.69, 9.17) is 27.9 Å². The van der Waals surface area contributed by atoms with Gasteiger partial charge in [-0.25, -0.2) is 0 Å². The maximum atomic E-state index is 12.5. The molecule has 0 aliphatic heterocycles. The van der Waals surface area contributed by atoms with Crippen LogP contribution in [0.15, 0.2) is 48.5 Å². The molecule has 4 nitrogen and oxygen atoms in total. The second kappa shape index (κ2) is 7.26. The van der Waals surface area contributed by atoms with Crippen molar-refractivity contribution in [1.82, 2.24) is 10.3 Å². The van der Waals surface area contributed by atoms with Crippen LogP contribution in [0.5, 0.6) is 0 Å². The van der Waals surface area contributed by atoms with Crippen LogP contribution in [0.1, 0.15) is 22.2 Å². The number of carbonyl (C=O) groups excluding carboxylic acids is 1. The number of benzene rings is 2. The molecule has 0 saturated carbocycles. The average Bonchev–Trinajstić information content (AvgIpc) is 2.93. The number of hydrogen-bond acceptors (Lipinski definition) is 2. The molecule has 0 aliphatic rings. The highest BCUT2D eigenvalue weighted by molar-refractivity contribution is 6.39. The van der Waals surface area contributed by atoms with E-state index >= 15 is 0 Å². The van der Waals surface area contributed by atoms with Crippen molar-refractivity contribution in [2.24, 2.45) is 0 Å². The molecule has 0 aliphatic carbocycles. The number of rotatable bonds is 5. The van der Waals surface area contributed by atoms with Crippen molar-refractivity contribution in [2.45, 2.75) is 6.10 Å². The summed E-state index contributed by atoms with van der Waals surface area (Å²) in [6.07, 6.45) is -0.229. The number of fused-ring (bicyclic) bond motifs is 1. The summed E-state index contributed by atoms with van der Waals surface area (Å²) in [4.78, 5) is 15.5. The van der Waals surface area contributed by atoms with E-state index in [0.717, 1.165) is 16.5 Å². The van der Waals surface area contributed by atoms with Crippen LogP contribution >= 0.6 is 23.2 Å². The van der Waals surface area contributed by atoms with E-state index in [1.54, 1.807) is 25.3 Å². The molecule has 1 unspecified atom stereocenters. The number of nitrogens with one attached hydrogen (secondary N) is 2. The number of H-pyrrole nitrogens is 1. The molecule has 0 spiro atoms. The van der Waals surface area contributed by atoms with Gasteiger partial charge < -0.3 is 15.0 Å². The molecule has 1 aromatic heterocycles. The maximum absolute atomic E-state index is 12.5. The molecule has 6 heteroatoms. The number of hydrogen-bond donors (Lipinski definition) is 2. The van der Waals surface area contributed by atoms with Gasteiger partial charge in [0, 0.05) is 29.6 Å². The first-order valence-corrected chi connectivity index (χ1v) is 8.18. The molecule has 0 fully saturated rings. The van der Waals surface area contributed by atoms with Crippen LogP contribution in [0.2, 0.25) is 10.0 Å². The molecule has 3 rings (SSSR count). The lowest BCUT2D eigenvalue weighted by Gasteiger charge is -2.16. The molecule has 1 atom stereocenters. The van der Waals surface area contributed by atoms with E-state index in [1.807, 2.05) is 30.3 Å². The van der Waals surface area contributed by atoms with Crippen LogP contribution < -0.4 is 5.32 Å². The number of halogens is 2. The van der Waals surface area contributed by atoms with E-state index in [-0.39, 0.29) is 12.0 Å². The number of aromatic nitrogens is 1. The average molecular weight is 363 g/mol. The fourth-order valence-corrected chi connectivity index (χ4v) is 3.03. The third-order valence-corrected chi connectivity index (χ3v) is 4.46. The number of methoxy groups -OCH3 is 1. The van der Waals surface area contributed by atoms with Crippen molar-refractivity contribution in [3.63, 3.8) is 0 Å². The largest absolute Gasteiger partial charge is 0.375 e. The van der Waals surface area contributed by atoms with Crippen LogP contribution in [0.25, 0.3) is 10.9 Å². The summed E-state index contributed by atoms with van der Waals surface area (Å²) in [5.41, 5.74) is 2.08. The Labute approximate surface area is 149 Å². The Balaban J connectivity index is 1.76. The number of amides is 1. The van der Waals surface area contributed by atoms with Gasteiger partial charge in [0.25, 0.3) is 5.91 Å². The predicted molar refractivity (Wildman–Crippen MR) is 96.8 cm³/mol. The Kier molecular flexibility index (Phi) is 5.09. The van der Waals surface area contributed by atoms with Gasteiger partial charge in [-0.3, -0.25) is 4.79 Å². The van der Waals surface area contributed by atoms with Gasteiger partial charge in [-0.2, -0.15) is 0 Å². The van der Waals surface area contributed by atoms with Gasteiger partial charge in [0.1, 0.15) is 5.69 Å². The molecule has 0 saturated heterocycles. The Hall–Kier alpha value is -2.01. The third kappa shape index (κ3) is 3.41. The second-order valence-electron chi connectivity index (χ2n) is 5.35. The van der Waals surface area contributed by atoms with Crippen molar-refractivity contribution in [1.29, 1.82) is 0 Å². The summed E-state index contributed by atoms with van der Waals surface area (Å²) in [6.45, 7) is 0.339. The molecule has 2 aromatic carbocycles. The summed E-state index contributed by atoms with van der Waals surface area (Å²) in [7, 11) is 1.61. The zero-order valence-electron chi connectivity index (χ0n) is 13.0. The minimum atomic E-state index is -0.287. The first-order valence-electron chi connectivity index (χ1n) is 7.43. The Bertz CT molecular complexity index is 862. The SMILES string of the molecule is COC(CNC(=O)c1[nH]c2ccc(Cl)cc2c1Cl)c1ccccc1. The van der Waals surface area contributed by atoms with Crippen molar-refractivity contribution in [3.8, 4) is 0 Å². The Morgan fingerprint density at radius 3 is 2.67 bits per heavy atom. The van der Waals surface area contributed by atoms with Crippen molar-refractivity contribution in [2.75, 3.05) is 13.7 Å². The topological polar surface area (TPSA) is 54.1 Å². The lowest BCUT2D eigenvalue weighted by atomic mass is 10.1. The van der Waals surface area contributed by atoms with E-state index in [9.17, 15) is 4.79 Å². The minimum absolute atomic E-state index is 0.229. The van der Waals surface area contributed by atoms with Crippen LogP contribution in [-0.2, 0) is 4.74 Å². The molecule has 1 amide bonds. The summed E-state index contributed by atoms with van der Waals surface area (Å²) in [6, 6.07) is 15.0. The normalized spacial score (nSPS) is 12.3. The fraction of sp³-hybridized carbons (Fsp3) is 0.167. The van der Waals surface area contributed by atoms with Crippen molar-refractivity contribution in [3.05, 3.63) is 69.8 Å². The summed E-state index contributed by atoms with van der Waals surface area (Å²) in [5.74, 6) is -0.287. The molecule has 3 aromatic rings. The van der Waals surface area contributed by atoms with Crippen LogP contribution in [-0.4, -0.2) is 24.5 Å². The van der Waals surface area contributed by atoms with Crippen LogP contribution in [0.4, 0.5) is 0 Å². The highest BCUT2D eigenvalue weighted by Crippen LogP contribution is 2.29. The molecule has 24 heavy (non-hydrogen) atoms. The number of carbonyl (C=O) groups is 1. The lowest BCUT2D eigenvalue weighted by molar-refractivity contribution is 0.0825. The number of ether oxygens (including phenoxy) is 1. The first-order chi connectivity index (χ1) is 11.6. The van der Waals surface area contributed by atoms with Crippen LogP contribution in [0, 0.1) is 0 Å². The van der Waals surface area contributed by atoms with Gasteiger partial charge in [-0.1, -0.05) is 53.5 Å². The third-order valence-electron chi connectivity index (χ3n) is 3.83. The van der Waals surface area contributed by atoms with E-state index < -0.39 is 0 Å². The summed E-state index contributed by atoms with van der Waals surface area (Å²) in [5, 5.41) is 4.50. The highest BCUT2D eigenvalue weighted by atomic mass is 35.5. The van der Waals surface area contributed by atoms with E-state index in [0.29, 0.717) is 22.3 Å². The summed E-state index contributed by atoms with van der Waals surface area (Å²) < 4.78 is 5.45. The molecular formula is C18H16Cl2N2O2. The lowest BCUT2D eigenvalue weighted by Crippen LogP contribution is -2.29. The van der Waals surface area contributed by atoms with E-state index in [1.165, 1.54) is 0 Å². The maximum Gasteiger partial charge on any atom is 0.269 e. The fourth-order valence-electron chi connectivity index (χ4n) is 2.57. The molecular weight excluding hydrogens is 347 g/mol. The van der Waals surface area contributed by atoms with Gasteiger partial charge in [-0.05, 0) is 23.8 Å². The van der Waals surface area contributed by atoms with Crippen molar-refractivity contribution < 1.29 is 9.53 Å². The zero-order chi connectivity index (χ0) is 17.1. The number of aromatic amines is 1.